The van der Waals surface area contributed by atoms with Crippen LogP contribution in [0.1, 0.15) is 59.8 Å². The summed E-state index contributed by atoms with van der Waals surface area (Å²) in [6.45, 7) is 7.13. The summed E-state index contributed by atoms with van der Waals surface area (Å²) in [6.07, 6.45) is -0.00949. The van der Waals surface area contributed by atoms with Crippen LogP contribution in [0, 0.1) is 11.8 Å². The lowest BCUT2D eigenvalue weighted by molar-refractivity contribution is -0.144. The van der Waals surface area contributed by atoms with Crippen LogP contribution in [0.3, 0.4) is 0 Å². The van der Waals surface area contributed by atoms with Crippen LogP contribution in [0.4, 0.5) is 0 Å². The standard InChI is InChI=1S/C21H38N6O7/c1-5-11(4)17(20(32)26-14(21(33)34)9-16(24)29)27-19(31)13(8-10(2)3)25-18(30)12(22)6-7-15(23)28/h10-14,17H,5-9,22H2,1-4H3,(H2,23,28)(H2,24,29)(H,25,30)(H,26,32)(H,27,31)(H,33,34). The second-order valence-electron chi connectivity index (χ2n) is 8.74. The molecule has 5 unspecified atom stereocenters. The van der Waals surface area contributed by atoms with Gasteiger partial charge in [-0.05, 0) is 24.7 Å². The number of hydrogen-bond acceptors (Lipinski definition) is 7. The lowest BCUT2D eigenvalue weighted by Crippen LogP contribution is -2.59. The van der Waals surface area contributed by atoms with Crippen LogP contribution in [-0.4, -0.2) is 64.8 Å². The predicted molar refractivity (Wildman–Crippen MR) is 123 cm³/mol. The molecule has 0 aromatic rings. The number of carbonyl (C=O) groups excluding carboxylic acids is 5. The summed E-state index contributed by atoms with van der Waals surface area (Å²) in [5.41, 5.74) is 15.9. The van der Waals surface area contributed by atoms with Crippen molar-refractivity contribution in [3.63, 3.8) is 0 Å². The first-order valence-corrected chi connectivity index (χ1v) is 11.2. The number of nitrogens with two attached hydrogens (primary N) is 3. The van der Waals surface area contributed by atoms with Crippen molar-refractivity contribution >= 4 is 35.5 Å². The third-order valence-electron chi connectivity index (χ3n) is 5.19. The molecule has 5 atom stereocenters. The van der Waals surface area contributed by atoms with Crippen molar-refractivity contribution in [3.8, 4) is 0 Å². The van der Waals surface area contributed by atoms with E-state index in [1.807, 2.05) is 13.8 Å². The SMILES string of the molecule is CCC(C)C(NC(=O)C(CC(C)C)NC(=O)C(N)CCC(N)=O)C(=O)NC(CC(N)=O)C(=O)O. The van der Waals surface area contributed by atoms with Gasteiger partial charge in [-0.15, -0.1) is 0 Å². The van der Waals surface area contributed by atoms with E-state index in [2.05, 4.69) is 16.0 Å². The topological polar surface area (TPSA) is 237 Å². The summed E-state index contributed by atoms with van der Waals surface area (Å²) >= 11 is 0. The molecule has 0 rings (SSSR count). The van der Waals surface area contributed by atoms with Crippen molar-refractivity contribution in [2.75, 3.05) is 0 Å². The Hall–Kier alpha value is -3.22. The van der Waals surface area contributed by atoms with E-state index >= 15 is 0 Å². The zero-order valence-electron chi connectivity index (χ0n) is 20.1. The molecule has 0 bridgehead atoms. The van der Waals surface area contributed by atoms with Crippen LogP contribution in [0.2, 0.25) is 0 Å². The van der Waals surface area contributed by atoms with Gasteiger partial charge >= 0.3 is 5.97 Å². The number of rotatable bonds is 16. The van der Waals surface area contributed by atoms with E-state index in [1.54, 1.807) is 13.8 Å². The molecule has 10 N–H and O–H groups in total. The lowest BCUT2D eigenvalue weighted by Gasteiger charge is -2.28. The number of carboxylic acids is 1. The molecule has 0 heterocycles. The highest BCUT2D eigenvalue weighted by Crippen LogP contribution is 2.12. The highest BCUT2D eigenvalue weighted by molar-refractivity contribution is 5.95. The van der Waals surface area contributed by atoms with E-state index in [-0.39, 0.29) is 25.2 Å². The number of nitrogens with one attached hydrogen (secondary N) is 3. The molecule has 5 amide bonds. The molecule has 0 aromatic carbocycles. The fourth-order valence-corrected chi connectivity index (χ4v) is 3.03. The lowest BCUT2D eigenvalue weighted by atomic mass is 9.96. The van der Waals surface area contributed by atoms with E-state index in [1.165, 1.54) is 0 Å². The van der Waals surface area contributed by atoms with Crippen LogP contribution in [0.15, 0.2) is 0 Å². The second kappa shape index (κ2) is 14.8. The van der Waals surface area contributed by atoms with Crippen molar-refractivity contribution < 1.29 is 33.9 Å². The maximum absolute atomic E-state index is 13.0. The van der Waals surface area contributed by atoms with Gasteiger partial charge in [0.25, 0.3) is 0 Å². The molecule has 0 radical (unpaired) electrons. The third-order valence-corrected chi connectivity index (χ3v) is 5.19. The monoisotopic (exact) mass is 486 g/mol. The molecule has 13 heteroatoms. The number of primary amides is 2. The average Bonchev–Trinajstić information content (AvgIpc) is 2.72. The van der Waals surface area contributed by atoms with Crippen LogP contribution in [0.25, 0.3) is 0 Å². The minimum Gasteiger partial charge on any atom is -0.480 e. The summed E-state index contributed by atoms with van der Waals surface area (Å²) in [6, 6.07) is -4.79. The van der Waals surface area contributed by atoms with E-state index in [9.17, 15) is 33.9 Å². The Balaban J connectivity index is 5.55. The van der Waals surface area contributed by atoms with Gasteiger partial charge in [0.1, 0.15) is 18.1 Å². The molecule has 0 saturated carbocycles. The van der Waals surface area contributed by atoms with Gasteiger partial charge in [-0.2, -0.15) is 0 Å². The largest absolute Gasteiger partial charge is 0.480 e. The molecule has 13 nitrogen and oxygen atoms in total. The Morgan fingerprint density at radius 1 is 0.824 bits per heavy atom. The third kappa shape index (κ3) is 11.6. The first-order valence-electron chi connectivity index (χ1n) is 11.2. The molecule has 0 spiro atoms. The minimum absolute atomic E-state index is 0.00548. The number of carbonyl (C=O) groups is 6. The fourth-order valence-electron chi connectivity index (χ4n) is 3.03. The van der Waals surface area contributed by atoms with Crippen molar-refractivity contribution in [1.29, 1.82) is 0 Å². The molecule has 0 aliphatic carbocycles. The van der Waals surface area contributed by atoms with Crippen molar-refractivity contribution in [3.05, 3.63) is 0 Å². The Kier molecular flexibility index (Phi) is 13.4. The van der Waals surface area contributed by atoms with E-state index in [0.29, 0.717) is 6.42 Å². The van der Waals surface area contributed by atoms with E-state index in [0.717, 1.165) is 0 Å². The first-order chi connectivity index (χ1) is 15.7. The van der Waals surface area contributed by atoms with Gasteiger partial charge < -0.3 is 38.3 Å². The first kappa shape index (κ1) is 30.8. The Bertz CT molecular complexity index is 758. The molecule has 34 heavy (non-hydrogen) atoms. The molecule has 0 aliphatic rings. The molecular formula is C21H38N6O7. The predicted octanol–water partition coefficient (Wildman–Crippen LogP) is -1.91. The van der Waals surface area contributed by atoms with E-state index < -0.39 is 72.0 Å². The number of hydrogen-bond donors (Lipinski definition) is 7. The van der Waals surface area contributed by atoms with Gasteiger partial charge in [0.15, 0.2) is 0 Å². The summed E-state index contributed by atoms with van der Waals surface area (Å²) in [4.78, 5) is 71.7. The quantitative estimate of drug-likeness (QED) is 0.129. The normalized spacial score (nSPS) is 15.4. The molecule has 0 aliphatic heterocycles. The molecule has 0 fully saturated rings. The Morgan fingerprint density at radius 2 is 1.38 bits per heavy atom. The van der Waals surface area contributed by atoms with Crippen LogP contribution in [0.5, 0.6) is 0 Å². The summed E-state index contributed by atoms with van der Waals surface area (Å²) in [5.74, 6) is -5.51. The van der Waals surface area contributed by atoms with Crippen LogP contribution < -0.4 is 33.2 Å². The van der Waals surface area contributed by atoms with Gasteiger partial charge in [-0.25, -0.2) is 4.79 Å². The fraction of sp³-hybridized carbons (Fsp3) is 0.714. The summed E-state index contributed by atoms with van der Waals surface area (Å²) in [5, 5.41) is 16.6. The second-order valence-corrected chi connectivity index (χ2v) is 8.74. The zero-order valence-corrected chi connectivity index (χ0v) is 20.1. The van der Waals surface area contributed by atoms with Crippen molar-refractivity contribution in [2.45, 2.75) is 84.0 Å². The minimum atomic E-state index is -1.55. The summed E-state index contributed by atoms with van der Waals surface area (Å²) < 4.78 is 0. The van der Waals surface area contributed by atoms with Gasteiger partial charge in [0, 0.05) is 6.42 Å². The van der Waals surface area contributed by atoms with Crippen molar-refractivity contribution in [2.24, 2.45) is 29.0 Å². The van der Waals surface area contributed by atoms with Gasteiger partial charge in [0.05, 0.1) is 12.5 Å². The summed E-state index contributed by atoms with van der Waals surface area (Å²) in [7, 11) is 0. The molecule has 0 saturated heterocycles. The number of carboxylic acid groups (broad SMARTS) is 1. The van der Waals surface area contributed by atoms with E-state index in [4.69, 9.17) is 17.2 Å². The maximum atomic E-state index is 13.0. The van der Waals surface area contributed by atoms with Gasteiger partial charge in [-0.3, -0.25) is 24.0 Å². The van der Waals surface area contributed by atoms with Gasteiger partial charge in [-0.1, -0.05) is 34.1 Å². The number of aliphatic carboxylic acids is 1. The van der Waals surface area contributed by atoms with Gasteiger partial charge in [0.2, 0.25) is 29.5 Å². The number of amides is 5. The van der Waals surface area contributed by atoms with Crippen molar-refractivity contribution in [1.82, 2.24) is 16.0 Å². The smallest absolute Gasteiger partial charge is 0.326 e. The highest BCUT2D eigenvalue weighted by atomic mass is 16.4. The average molecular weight is 487 g/mol. The maximum Gasteiger partial charge on any atom is 0.326 e. The highest BCUT2D eigenvalue weighted by Gasteiger charge is 2.33. The molecular weight excluding hydrogens is 448 g/mol. The molecule has 0 aromatic heterocycles. The van der Waals surface area contributed by atoms with Crippen LogP contribution in [-0.2, 0) is 28.8 Å². The Labute approximate surface area is 198 Å². The zero-order chi connectivity index (χ0) is 26.6. The molecule has 194 valence electrons. The Morgan fingerprint density at radius 3 is 1.82 bits per heavy atom. The van der Waals surface area contributed by atoms with Crippen LogP contribution >= 0.6 is 0 Å².